The summed E-state index contributed by atoms with van der Waals surface area (Å²) in [6.45, 7) is 8.98. The number of nitrogens with one attached hydrogen (secondary N) is 1. The maximum atomic E-state index is 11.1. The molecule has 0 aliphatic carbocycles. The van der Waals surface area contributed by atoms with Gasteiger partial charge in [0.1, 0.15) is 0 Å². The van der Waals surface area contributed by atoms with E-state index in [0.29, 0.717) is 12.1 Å². The summed E-state index contributed by atoms with van der Waals surface area (Å²) in [4.78, 5) is 11.1. The number of anilines is 1. The number of carboxylic acid groups (broad SMARTS) is 1. The van der Waals surface area contributed by atoms with Crippen LogP contribution in [0.5, 0.6) is 0 Å². The van der Waals surface area contributed by atoms with E-state index < -0.39 is 5.97 Å². The summed E-state index contributed by atoms with van der Waals surface area (Å²) < 4.78 is 0. The first kappa shape index (κ1) is 15.1. The predicted octanol–water partition coefficient (Wildman–Crippen LogP) is 4.23. The van der Waals surface area contributed by atoms with Crippen molar-refractivity contribution in [1.82, 2.24) is 0 Å². The Morgan fingerprint density at radius 3 is 2.19 bits per heavy atom. The smallest absolute Gasteiger partial charge is 0.335 e. The van der Waals surface area contributed by atoms with Crippen LogP contribution >= 0.6 is 0 Å². The highest BCUT2D eigenvalue weighted by Gasteiger charge is 2.08. The molecule has 110 valence electrons. The first-order valence-electron chi connectivity index (χ1n) is 7.03. The van der Waals surface area contributed by atoms with Crippen LogP contribution in [0.1, 0.15) is 38.2 Å². The van der Waals surface area contributed by atoms with Crippen molar-refractivity contribution in [2.24, 2.45) is 0 Å². The number of carboxylic acids is 1. The minimum atomic E-state index is -0.902. The average molecular weight is 283 g/mol. The summed E-state index contributed by atoms with van der Waals surface area (Å²) in [5.41, 5.74) is 7.26. The fraction of sp³-hybridized carbons (Fsp3) is 0.278. The van der Waals surface area contributed by atoms with E-state index in [1.165, 1.54) is 22.3 Å². The van der Waals surface area contributed by atoms with E-state index in [1.54, 1.807) is 12.1 Å². The van der Waals surface area contributed by atoms with E-state index >= 15 is 0 Å². The Kier molecular flexibility index (Phi) is 4.32. The van der Waals surface area contributed by atoms with Crippen LogP contribution in [0.2, 0.25) is 0 Å². The summed E-state index contributed by atoms with van der Waals surface area (Å²) in [6, 6.07) is 9.50. The van der Waals surface area contributed by atoms with Crippen LogP contribution in [0.3, 0.4) is 0 Å². The minimum Gasteiger partial charge on any atom is -0.478 e. The third kappa shape index (κ3) is 3.43. The van der Waals surface area contributed by atoms with Gasteiger partial charge in [-0.15, -0.1) is 0 Å². The SMILES string of the molecule is Cc1cc(C)c(CNc2cc(C(=O)O)ccc2C)c(C)c1. The number of rotatable bonds is 4. The molecule has 0 spiro atoms. The number of aromatic carboxylic acids is 1. The molecule has 21 heavy (non-hydrogen) atoms. The molecular weight excluding hydrogens is 262 g/mol. The maximum absolute atomic E-state index is 11.1. The van der Waals surface area contributed by atoms with E-state index in [-0.39, 0.29) is 0 Å². The number of hydrogen-bond acceptors (Lipinski definition) is 2. The monoisotopic (exact) mass is 283 g/mol. The van der Waals surface area contributed by atoms with Gasteiger partial charge in [0.25, 0.3) is 0 Å². The molecule has 0 unspecified atom stereocenters. The van der Waals surface area contributed by atoms with E-state index in [4.69, 9.17) is 5.11 Å². The Morgan fingerprint density at radius 1 is 1.00 bits per heavy atom. The van der Waals surface area contributed by atoms with Crippen LogP contribution < -0.4 is 5.32 Å². The van der Waals surface area contributed by atoms with Gasteiger partial charge in [-0.1, -0.05) is 23.8 Å². The third-order valence-corrected chi connectivity index (χ3v) is 3.78. The topological polar surface area (TPSA) is 49.3 Å². The summed E-state index contributed by atoms with van der Waals surface area (Å²) in [5, 5.41) is 12.4. The second-order valence-electron chi connectivity index (χ2n) is 5.57. The van der Waals surface area contributed by atoms with Gasteiger partial charge in [-0.3, -0.25) is 0 Å². The molecular formula is C18H21NO2. The lowest BCUT2D eigenvalue weighted by Crippen LogP contribution is -2.06. The van der Waals surface area contributed by atoms with Gasteiger partial charge in [0.15, 0.2) is 0 Å². The summed E-state index contributed by atoms with van der Waals surface area (Å²) >= 11 is 0. The quantitative estimate of drug-likeness (QED) is 0.882. The van der Waals surface area contributed by atoms with E-state index in [2.05, 4.69) is 38.2 Å². The molecule has 3 heteroatoms. The van der Waals surface area contributed by atoms with Crippen LogP contribution in [0.25, 0.3) is 0 Å². The van der Waals surface area contributed by atoms with Gasteiger partial charge in [0, 0.05) is 12.2 Å². The molecule has 0 fully saturated rings. The Balaban J connectivity index is 2.24. The average Bonchev–Trinajstić information content (AvgIpc) is 2.39. The first-order valence-corrected chi connectivity index (χ1v) is 7.03. The zero-order chi connectivity index (χ0) is 15.6. The van der Waals surface area contributed by atoms with Crippen LogP contribution in [0.15, 0.2) is 30.3 Å². The number of hydrogen-bond donors (Lipinski definition) is 2. The molecule has 2 rings (SSSR count). The number of carbonyl (C=O) groups is 1. The van der Waals surface area contributed by atoms with Gasteiger partial charge in [-0.25, -0.2) is 4.79 Å². The zero-order valence-corrected chi connectivity index (χ0v) is 12.9. The second kappa shape index (κ2) is 6.00. The molecule has 0 atom stereocenters. The standard InChI is InChI=1S/C18H21NO2/c1-11-7-13(3)16(14(4)8-11)10-19-17-9-15(18(20)21)6-5-12(17)2/h5-9,19H,10H2,1-4H3,(H,20,21). The van der Waals surface area contributed by atoms with Crippen molar-refractivity contribution in [1.29, 1.82) is 0 Å². The highest BCUT2D eigenvalue weighted by atomic mass is 16.4. The number of aryl methyl sites for hydroxylation is 4. The molecule has 0 saturated carbocycles. The molecule has 0 radical (unpaired) electrons. The van der Waals surface area contributed by atoms with Gasteiger partial charge < -0.3 is 10.4 Å². The van der Waals surface area contributed by atoms with Crippen molar-refractivity contribution < 1.29 is 9.90 Å². The van der Waals surface area contributed by atoms with Gasteiger partial charge in [-0.2, -0.15) is 0 Å². The zero-order valence-electron chi connectivity index (χ0n) is 12.9. The molecule has 2 aromatic carbocycles. The maximum Gasteiger partial charge on any atom is 0.335 e. The minimum absolute atomic E-state index is 0.306. The van der Waals surface area contributed by atoms with Crippen molar-refractivity contribution in [3.8, 4) is 0 Å². The molecule has 0 saturated heterocycles. The largest absolute Gasteiger partial charge is 0.478 e. The molecule has 0 aliphatic rings. The van der Waals surface area contributed by atoms with Crippen LogP contribution in [0.4, 0.5) is 5.69 Å². The summed E-state index contributed by atoms with van der Waals surface area (Å²) in [5.74, 6) is -0.902. The predicted molar refractivity (Wildman–Crippen MR) is 86.1 cm³/mol. The summed E-state index contributed by atoms with van der Waals surface area (Å²) in [6.07, 6.45) is 0. The van der Waals surface area contributed by atoms with Crippen LogP contribution in [0, 0.1) is 27.7 Å². The van der Waals surface area contributed by atoms with Crippen molar-refractivity contribution in [3.05, 3.63) is 63.7 Å². The molecule has 2 N–H and O–H groups in total. The first-order chi connectivity index (χ1) is 9.88. The lowest BCUT2D eigenvalue weighted by atomic mass is 9.99. The lowest BCUT2D eigenvalue weighted by molar-refractivity contribution is 0.0697. The van der Waals surface area contributed by atoms with E-state index in [0.717, 1.165) is 11.3 Å². The number of benzene rings is 2. The molecule has 0 aliphatic heterocycles. The van der Waals surface area contributed by atoms with Crippen molar-refractivity contribution in [3.63, 3.8) is 0 Å². The van der Waals surface area contributed by atoms with Crippen LogP contribution in [-0.4, -0.2) is 11.1 Å². The Bertz CT molecular complexity index is 667. The molecule has 0 amide bonds. The molecule has 2 aromatic rings. The highest BCUT2D eigenvalue weighted by Crippen LogP contribution is 2.21. The summed E-state index contributed by atoms with van der Waals surface area (Å²) in [7, 11) is 0. The third-order valence-electron chi connectivity index (χ3n) is 3.78. The molecule has 0 heterocycles. The van der Waals surface area contributed by atoms with Crippen molar-refractivity contribution in [2.45, 2.75) is 34.2 Å². The molecule has 3 nitrogen and oxygen atoms in total. The van der Waals surface area contributed by atoms with Gasteiger partial charge in [0.2, 0.25) is 0 Å². The fourth-order valence-electron chi connectivity index (χ4n) is 2.62. The molecule has 0 aromatic heterocycles. The normalized spacial score (nSPS) is 10.5. The van der Waals surface area contributed by atoms with Crippen molar-refractivity contribution >= 4 is 11.7 Å². The fourth-order valence-corrected chi connectivity index (χ4v) is 2.62. The Morgan fingerprint density at radius 2 is 1.62 bits per heavy atom. The van der Waals surface area contributed by atoms with Crippen molar-refractivity contribution in [2.75, 3.05) is 5.32 Å². The second-order valence-corrected chi connectivity index (χ2v) is 5.57. The van der Waals surface area contributed by atoms with Gasteiger partial charge in [0.05, 0.1) is 5.56 Å². The van der Waals surface area contributed by atoms with E-state index in [1.807, 2.05) is 13.0 Å². The Labute approximate surface area is 125 Å². The molecule has 0 bridgehead atoms. The highest BCUT2D eigenvalue weighted by molar-refractivity contribution is 5.89. The van der Waals surface area contributed by atoms with Crippen LogP contribution in [-0.2, 0) is 6.54 Å². The van der Waals surface area contributed by atoms with E-state index in [9.17, 15) is 4.79 Å². The van der Waals surface area contributed by atoms with Gasteiger partial charge >= 0.3 is 5.97 Å². The van der Waals surface area contributed by atoms with Gasteiger partial charge in [-0.05, 0) is 62.1 Å². The lowest BCUT2D eigenvalue weighted by Gasteiger charge is -2.15. The Hall–Kier alpha value is -2.29.